The molecule has 3 rings (SSSR count). The van der Waals surface area contributed by atoms with Crippen molar-refractivity contribution in [2.75, 3.05) is 12.4 Å². The van der Waals surface area contributed by atoms with Crippen molar-refractivity contribution >= 4 is 28.2 Å². The van der Waals surface area contributed by atoms with Gasteiger partial charge < -0.3 is 14.8 Å². The SMILES string of the molecule is COc1ccccc1OC(=O)c1sc(NC(=O)C2CC2)cc1C. The maximum absolute atomic E-state index is 12.4. The number of methoxy groups -OCH3 is 1. The zero-order valence-corrected chi connectivity index (χ0v) is 13.7. The van der Waals surface area contributed by atoms with E-state index >= 15 is 0 Å². The number of thiophene rings is 1. The number of carbonyl (C=O) groups is 2. The van der Waals surface area contributed by atoms with Gasteiger partial charge in [0, 0.05) is 5.92 Å². The van der Waals surface area contributed by atoms with Gasteiger partial charge in [-0.15, -0.1) is 11.3 Å². The van der Waals surface area contributed by atoms with Crippen LogP contribution in [0, 0.1) is 12.8 Å². The second kappa shape index (κ2) is 6.42. The van der Waals surface area contributed by atoms with Crippen molar-refractivity contribution in [3.8, 4) is 11.5 Å². The normalized spacial score (nSPS) is 13.5. The minimum absolute atomic E-state index is 0.0240. The lowest BCUT2D eigenvalue weighted by atomic mass is 10.3. The predicted octanol–water partition coefficient (Wildman–Crippen LogP) is 3.63. The molecule has 1 aliphatic carbocycles. The molecule has 2 aromatic rings. The van der Waals surface area contributed by atoms with Gasteiger partial charge in [0.25, 0.3) is 0 Å². The molecule has 0 radical (unpaired) electrons. The standard InChI is InChI=1S/C17H17NO4S/c1-10-9-14(18-16(19)11-7-8-11)23-15(10)17(20)22-13-6-4-3-5-12(13)21-2/h3-6,9,11H,7-8H2,1-2H3,(H,18,19). The molecule has 6 heteroatoms. The van der Waals surface area contributed by atoms with E-state index in [0.717, 1.165) is 18.4 Å². The van der Waals surface area contributed by atoms with Crippen molar-refractivity contribution in [3.63, 3.8) is 0 Å². The number of hydrogen-bond donors (Lipinski definition) is 1. The van der Waals surface area contributed by atoms with Gasteiger partial charge in [-0.3, -0.25) is 4.79 Å². The van der Waals surface area contributed by atoms with Gasteiger partial charge in [0.15, 0.2) is 11.5 Å². The molecule has 1 aromatic carbocycles. The molecule has 0 aliphatic heterocycles. The quantitative estimate of drug-likeness (QED) is 0.671. The topological polar surface area (TPSA) is 64.6 Å². The van der Waals surface area contributed by atoms with Crippen molar-refractivity contribution in [1.29, 1.82) is 0 Å². The Morgan fingerprint density at radius 2 is 1.91 bits per heavy atom. The third-order valence-electron chi connectivity index (χ3n) is 3.57. The van der Waals surface area contributed by atoms with Gasteiger partial charge in [0.2, 0.25) is 5.91 Å². The number of ether oxygens (including phenoxy) is 2. The Morgan fingerprint density at radius 1 is 1.22 bits per heavy atom. The molecule has 1 N–H and O–H groups in total. The van der Waals surface area contributed by atoms with Crippen LogP contribution in [0.3, 0.4) is 0 Å². The molecule has 0 spiro atoms. The minimum Gasteiger partial charge on any atom is -0.493 e. The van der Waals surface area contributed by atoms with Crippen LogP contribution in [0.15, 0.2) is 30.3 Å². The van der Waals surface area contributed by atoms with Crippen molar-refractivity contribution < 1.29 is 19.1 Å². The Balaban J connectivity index is 1.74. The molecule has 0 unspecified atom stereocenters. The van der Waals surface area contributed by atoms with Crippen molar-refractivity contribution in [1.82, 2.24) is 0 Å². The zero-order chi connectivity index (χ0) is 16.4. The van der Waals surface area contributed by atoms with Crippen LogP contribution >= 0.6 is 11.3 Å². The van der Waals surface area contributed by atoms with Crippen LogP contribution < -0.4 is 14.8 Å². The van der Waals surface area contributed by atoms with Crippen LogP contribution in [-0.4, -0.2) is 19.0 Å². The molecule has 5 nitrogen and oxygen atoms in total. The van der Waals surface area contributed by atoms with Crippen molar-refractivity contribution in [3.05, 3.63) is 40.8 Å². The highest BCUT2D eigenvalue weighted by Crippen LogP contribution is 2.34. The van der Waals surface area contributed by atoms with Crippen molar-refractivity contribution in [2.24, 2.45) is 5.92 Å². The van der Waals surface area contributed by atoms with Crippen LogP contribution in [0.4, 0.5) is 5.00 Å². The van der Waals surface area contributed by atoms with E-state index in [0.29, 0.717) is 21.4 Å². The van der Waals surface area contributed by atoms with E-state index in [1.165, 1.54) is 18.4 Å². The maximum Gasteiger partial charge on any atom is 0.354 e. The number of para-hydroxylation sites is 2. The van der Waals surface area contributed by atoms with E-state index in [-0.39, 0.29) is 11.8 Å². The summed E-state index contributed by atoms with van der Waals surface area (Å²) < 4.78 is 10.6. The molecule has 1 aromatic heterocycles. The Kier molecular flexibility index (Phi) is 4.34. The average Bonchev–Trinajstić information content (AvgIpc) is 3.32. The Hall–Kier alpha value is -2.34. The minimum atomic E-state index is -0.455. The lowest BCUT2D eigenvalue weighted by Crippen LogP contribution is -2.12. The Bertz CT molecular complexity index is 749. The number of amides is 1. The first kappa shape index (κ1) is 15.6. The number of esters is 1. The summed E-state index contributed by atoms with van der Waals surface area (Å²) in [7, 11) is 1.52. The number of anilines is 1. The highest BCUT2D eigenvalue weighted by molar-refractivity contribution is 7.18. The third-order valence-corrected chi connectivity index (χ3v) is 4.70. The molecular weight excluding hydrogens is 314 g/mol. The van der Waals surface area contributed by atoms with Gasteiger partial charge in [-0.25, -0.2) is 4.79 Å². The fourth-order valence-corrected chi connectivity index (χ4v) is 3.12. The first-order valence-electron chi connectivity index (χ1n) is 7.35. The van der Waals surface area contributed by atoms with Crippen LogP contribution in [0.25, 0.3) is 0 Å². The van der Waals surface area contributed by atoms with Crippen molar-refractivity contribution in [2.45, 2.75) is 19.8 Å². The number of carbonyl (C=O) groups excluding carboxylic acids is 2. The second-order valence-corrected chi connectivity index (χ2v) is 6.48. The van der Waals surface area contributed by atoms with Crippen LogP contribution in [-0.2, 0) is 4.79 Å². The molecule has 1 heterocycles. The van der Waals surface area contributed by atoms with Gasteiger partial charge in [-0.2, -0.15) is 0 Å². The average molecular weight is 331 g/mol. The monoisotopic (exact) mass is 331 g/mol. The highest BCUT2D eigenvalue weighted by Gasteiger charge is 2.30. The van der Waals surface area contributed by atoms with Gasteiger partial charge in [-0.05, 0) is 43.5 Å². The van der Waals surface area contributed by atoms with E-state index in [2.05, 4.69) is 5.32 Å². The predicted molar refractivity (Wildman–Crippen MR) is 88.4 cm³/mol. The number of hydrogen-bond acceptors (Lipinski definition) is 5. The molecule has 1 saturated carbocycles. The summed E-state index contributed by atoms with van der Waals surface area (Å²) in [5.41, 5.74) is 0.779. The van der Waals surface area contributed by atoms with Gasteiger partial charge in [0.1, 0.15) is 4.88 Å². The van der Waals surface area contributed by atoms with Crippen LogP contribution in [0.2, 0.25) is 0 Å². The van der Waals surface area contributed by atoms with Gasteiger partial charge in [-0.1, -0.05) is 12.1 Å². The number of aryl methyl sites for hydroxylation is 1. The van der Waals surface area contributed by atoms with E-state index in [4.69, 9.17) is 9.47 Å². The summed E-state index contributed by atoms with van der Waals surface area (Å²) in [5, 5.41) is 3.53. The molecule has 23 heavy (non-hydrogen) atoms. The highest BCUT2D eigenvalue weighted by atomic mass is 32.1. The molecule has 0 atom stereocenters. The number of rotatable bonds is 5. The Labute approximate surface area is 138 Å². The molecule has 1 amide bonds. The molecule has 0 bridgehead atoms. The third kappa shape index (κ3) is 3.53. The molecule has 1 aliphatic rings. The summed E-state index contributed by atoms with van der Waals surface area (Å²) >= 11 is 1.23. The fraction of sp³-hybridized carbons (Fsp3) is 0.294. The fourth-order valence-electron chi connectivity index (χ4n) is 2.16. The first-order chi connectivity index (χ1) is 11.1. The first-order valence-corrected chi connectivity index (χ1v) is 8.16. The summed E-state index contributed by atoms with van der Waals surface area (Å²) in [6, 6.07) is 8.77. The number of nitrogens with one attached hydrogen (secondary N) is 1. The summed E-state index contributed by atoms with van der Waals surface area (Å²) in [5.74, 6) is 0.565. The zero-order valence-electron chi connectivity index (χ0n) is 12.9. The van der Waals surface area contributed by atoms with Crippen LogP contribution in [0.5, 0.6) is 11.5 Å². The molecule has 0 saturated heterocycles. The molecule has 1 fully saturated rings. The van der Waals surface area contributed by atoms with E-state index in [1.54, 1.807) is 30.3 Å². The van der Waals surface area contributed by atoms with E-state index in [1.807, 2.05) is 6.92 Å². The second-order valence-electron chi connectivity index (χ2n) is 5.43. The lowest BCUT2D eigenvalue weighted by Gasteiger charge is -2.08. The summed E-state index contributed by atoms with van der Waals surface area (Å²) in [6.45, 7) is 1.82. The van der Waals surface area contributed by atoms with E-state index in [9.17, 15) is 9.59 Å². The summed E-state index contributed by atoms with van der Waals surface area (Å²) in [4.78, 5) is 24.6. The molecular formula is C17H17NO4S. The maximum atomic E-state index is 12.4. The largest absolute Gasteiger partial charge is 0.493 e. The van der Waals surface area contributed by atoms with E-state index < -0.39 is 5.97 Å². The number of benzene rings is 1. The van der Waals surface area contributed by atoms with Gasteiger partial charge in [0.05, 0.1) is 12.1 Å². The smallest absolute Gasteiger partial charge is 0.354 e. The van der Waals surface area contributed by atoms with Gasteiger partial charge >= 0.3 is 5.97 Å². The summed E-state index contributed by atoms with van der Waals surface area (Å²) in [6.07, 6.45) is 1.89. The van der Waals surface area contributed by atoms with Crippen LogP contribution in [0.1, 0.15) is 28.1 Å². The Morgan fingerprint density at radius 3 is 2.57 bits per heavy atom. The molecule has 120 valence electrons. The lowest BCUT2D eigenvalue weighted by molar-refractivity contribution is -0.117.